The van der Waals surface area contributed by atoms with Crippen molar-refractivity contribution < 1.29 is 14.3 Å². The van der Waals surface area contributed by atoms with Gasteiger partial charge in [-0.15, -0.1) is 0 Å². The number of aliphatic imine (C=N–C) groups is 1. The number of hydrogen-bond donors (Lipinski definition) is 3. The van der Waals surface area contributed by atoms with Gasteiger partial charge in [-0.1, -0.05) is 31.2 Å². The summed E-state index contributed by atoms with van der Waals surface area (Å²) in [6.07, 6.45) is 0.508. The maximum Gasteiger partial charge on any atom is 0.411 e. The van der Waals surface area contributed by atoms with Crippen molar-refractivity contribution in [3.05, 3.63) is 59.7 Å². The lowest BCUT2D eigenvalue weighted by Crippen LogP contribution is -2.38. The van der Waals surface area contributed by atoms with Crippen LogP contribution in [0.5, 0.6) is 5.75 Å². The molecule has 1 atom stereocenters. The Bertz CT molecular complexity index is 804. The highest BCUT2D eigenvalue weighted by molar-refractivity contribution is 5.84. The van der Waals surface area contributed by atoms with Crippen LogP contribution < -0.4 is 20.7 Å². The van der Waals surface area contributed by atoms with E-state index in [0.717, 1.165) is 36.8 Å². The third kappa shape index (κ3) is 7.66. The van der Waals surface area contributed by atoms with Gasteiger partial charge in [0, 0.05) is 18.8 Å². The predicted octanol–water partition coefficient (Wildman–Crippen LogP) is 4.12. The zero-order valence-corrected chi connectivity index (χ0v) is 18.2. The van der Waals surface area contributed by atoms with Crippen molar-refractivity contribution in [1.29, 1.82) is 0 Å². The Balaban J connectivity index is 1.85. The first-order valence-corrected chi connectivity index (χ1v) is 10.2. The van der Waals surface area contributed by atoms with E-state index in [1.54, 1.807) is 7.11 Å². The van der Waals surface area contributed by atoms with Crippen molar-refractivity contribution in [2.75, 3.05) is 32.6 Å². The standard InChI is InChI=1S/C23H32N4O3/c1-5-24-22(25-15-14-17(2)19-8-12-21(29-3)13-9-19)26-16-18-6-10-20(11-7-18)27-23(28)30-4/h6-13,17H,5,14-16H2,1-4H3,(H,27,28)(H2,24,25,26). The Labute approximate surface area is 178 Å². The SMILES string of the molecule is CCNC(=NCc1ccc(NC(=O)OC)cc1)NCCC(C)c1ccc(OC)cc1. The number of benzene rings is 2. The maximum atomic E-state index is 11.2. The molecule has 1 unspecified atom stereocenters. The molecule has 0 saturated carbocycles. The van der Waals surface area contributed by atoms with Crippen molar-refractivity contribution in [1.82, 2.24) is 10.6 Å². The van der Waals surface area contributed by atoms with E-state index in [0.29, 0.717) is 18.2 Å². The number of anilines is 1. The van der Waals surface area contributed by atoms with Crippen LogP contribution in [-0.2, 0) is 11.3 Å². The molecular formula is C23H32N4O3. The van der Waals surface area contributed by atoms with E-state index in [1.165, 1.54) is 12.7 Å². The van der Waals surface area contributed by atoms with E-state index in [9.17, 15) is 4.79 Å². The lowest BCUT2D eigenvalue weighted by atomic mass is 9.98. The van der Waals surface area contributed by atoms with E-state index in [2.05, 4.69) is 44.7 Å². The van der Waals surface area contributed by atoms with Crippen molar-refractivity contribution in [3.63, 3.8) is 0 Å². The smallest absolute Gasteiger partial charge is 0.411 e. The summed E-state index contributed by atoms with van der Waals surface area (Å²) in [6, 6.07) is 15.8. The highest BCUT2D eigenvalue weighted by Gasteiger charge is 2.07. The number of methoxy groups -OCH3 is 2. The Morgan fingerprint density at radius 3 is 2.33 bits per heavy atom. The molecule has 2 aromatic carbocycles. The minimum absolute atomic E-state index is 0.432. The van der Waals surface area contributed by atoms with Gasteiger partial charge in [-0.2, -0.15) is 0 Å². The molecule has 0 saturated heterocycles. The molecule has 162 valence electrons. The molecule has 30 heavy (non-hydrogen) atoms. The van der Waals surface area contributed by atoms with Gasteiger partial charge in [-0.3, -0.25) is 5.32 Å². The van der Waals surface area contributed by atoms with Gasteiger partial charge in [0.2, 0.25) is 0 Å². The lowest BCUT2D eigenvalue weighted by Gasteiger charge is -2.15. The first-order chi connectivity index (χ1) is 14.5. The second-order valence-electron chi connectivity index (χ2n) is 6.90. The second kappa shape index (κ2) is 12.4. The van der Waals surface area contributed by atoms with Crippen LogP contribution in [0.1, 0.15) is 37.3 Å². The summed E-state index contributed by atoms with van der Waals surface area (Å²) in [4.78, 5) is 15.9. The van der Waals surface area contributed by atoms with E-state index in [-0.39, 0.29) is 0 Å². The Morgan fingerprint density at radius 2 is 1.73 bits per heavy atom. The molecule has 0 aliphatic carbocycles. The molecule has 1 amide bonds. The number of guanidine groups is 1. The molecule has 0 spiro atoms. The summed E-state index contributed by atoms with van der Waals surface area (Å²) in [7, 11) is 3.02. The molecule has 0 aliphatic heterocycles. The summed E-state index contributed by atoms with van der Waals surface area (Å²) in [6.45, 7) is 6.42. The summed E-state index contributed by atoms with van der Waals surface area (Å²) < 4.78 is 9.81. The number of amides is 1. The first kappa shape index (κ1) is 23.1. The van der Waals surface area contributed by atoms with E-state index < -0.39 is 6.09 Å². The molecule has 3 N–H and O–H groups in total. The zero-order valence-electron chi connectivity index (χ0n) is 18.2. The number of ether oxygens (including phenoxy) is 2. The van der Waals surface area contributed by atoms with E-state index >= 15 is 0 Å². The average molecular weight is 413 g/mol. The average Bonchev–Trinajstić information content (AvgIpc) is 2.78. The Morgan fingerprint density at radius 1 is 1.03 bits per heavy atom. The highest BCUT2D eigenvalue weighted by atomic mass is 16.5. The fraction of sp³-hybridized carbons (Fsp3) is 0.391. The monoisotopic (exact) mass is 412 g/mol. The van der Waals surface area contributed by atoms with Gasteiger partial charge < -0.3 is 20.1 Å². The number of carbonyl (C=O) groups excluding carboxylic acids is 1. The molecule has 2 rings (SSSR count). The van der Waals surface area contributed by atoms with Crippen LogP contribution >= 0.6 is 0 Å². The molecule has 0 bridgehead atoms. The van der Waals surface area contributed by atoms with Crippen LogP contribution in [-0.4, -0.2) is 39.4 Å². The van der Waals surface area contributed by atoms with Gasteiger partial charge in [0.1, 0.15) is 5.75 Å². The minimum Gasteiger partial charge on any atom is -0.497 e. The van der Waals surface area contributed by atoms with Crippen molar-refractivity contribution in [2.24, 2.45) is 4.99 Å². The molecule has 0 fully saturated rings. The quantitative estimate of drug-likeness (QED) is 0.426. The van der Waals surface area contributed by atoms with E-state index in [4.69, 9.17) is 4.74 Å². The minimum atomic E-state index is -0.483. The first-order valence-electron chi connectivity index (χ1n) is 10.2. The van der Waals surface area contributed by atoms with Crippen molar-refractivity contribution >= 4 is 17.7 Å². The molecule has 7 heteroatoms. The van der Waals surface area contributed by atoms with Crippen LogP contribution in [0, 0.1) is 0 Å². The highest BCUT2D eigenvalue weighted by Crippen LogP contribution is 2.21. The predicted molar refractivity (Wildman–Crippen MR) is 121 cm³/mol. The van der Waals surface area contributed by atoms with Gasteiger partial charge in [0.15, 0.2) is 5.96 Å². The van der Waals surface area contributed by atoms with E-state index in [1.807, 2.05) is 43.3 Å². The lowest BCUT2D eigenvalue weighted by molar-refractivity contribution is 0.187. The molecule has 0 radical (unpaired) electrons. The number of hydrogen-bond acceptors (Lipinski definition) is 4. The third-order valence-electron chi connectivity index (χ3n) is 4.70. The molecule has 2 aromatic rings. The molecule has 0 heterocycles. The normalized spacial score (nSPS) is 12.1. The number of carbonyl (C=O) groups is 1. The molecule has 7 nitrogen and oxygen atoms in total. The van der Waals surface area contributed by atoms with Gasteiger partial charge in [0.05, 0.1) is 20.8 Å². The van der Waals surface area contributed by atoms with Crippen LogP contribution in [0.15, 0.2) is 53.5 Å². The van der Waals surface area contributed by atoms with Crippen LogP contribution in [0.3, 0.4) is 0 Å². The number of nitrogens with one attached hydrogen (secondary N) is 3. The number of rotatable bonds is 9. The number of nitrogens with zero attached hydrogens (tertiary/aromatic N) is 1. The fourth-order valence-corrected chi connectivity index (χ4v) is 2.88. The van der Waals surface area contributed by atoms with Gasteiger partial charge in [0.25, 0.3) is 0 Å². The summed E-state index contributed by atoms with van der Waals surface area (Å²) >= 11 is 0. The third-order valence-corrected chi connectivity index (χ3v) is 4.70. The van der Waals surface area contributed by atoms with Gasteiger partial charge in [-0.25, -0.2) is 9.79 Å². The van der Waals surface area contributed by atoms with Gasteiger partial charge in [-0.05, 0) is 54.7 Å². The summed E-state index contributed by atoms with van der Waals surface area (Å²) in [5.74, 6) is 2.09. The van der Waals surface area contributed by atoms with Crippen LogP contribution in [0.2, 0.25) is 0 Å². The van der Waals surface area contributed by atoms with Gasteiger partial charge >= 0.3 is 6.09 Å². The maximum absolute atomic E-state index is 11.2. The fourth-order valence-electron chi connectivity index (χ4n) is 2.88. The van der Waals surface area contributed by atoms with Crippen molar-refractivity contribution in [2.45, 2.75) is 32.7 Å². The Kier molecular flexibility index (Phi) is 9.51. The zero-order chi connectivity index (χ0) is 21.8. The molecule has 0 aliphatic rings. The Hall–Kier alpha value is -3.22. The topological polar surface area (TPSA) is 84.0 Å². The van der Waals surface area contributed by atoms with Crippen molar-refractivity contribution in [3.8, 4) is 5.75 Å². The molecular weight excluding hydrogens is 380 g/mol. The van der Waals surface area contributed by atoms with Crippen LogP contribution in [0.25, 0.3) is 0 Å². The second-order valence-corrected chi connectivity index (χ2v) is 6.90. The molecule has 0 aromatic heterocycles. The summed E-state index contributed by atoms with van der Waals surface area (Å²) in [5.41, 5.74) is 3.03. The largest absolute Gasteiger partial charge is 0.497 e. The van der Waals surface area contributed by atoms with Crippen LogP contribution in [0.4, 0.5) is 10.5 Å². The summed E-state index contributed by atoms with van der Waals surface area (Å²) in [5, 5.41) is 9.31.